The van der Waals surface area contributed by atoms with E-state index in [1.54, 1.807) is 11.1 Å². The second kappa shape index (κ2) is 8.14. The third-order valence-corrected chi connectivity index (χ3v) is 4.75. The van der Waals surface area contributed by atoms with E-state index in [-0.39, 0.29) is 5.91 Å². The Kier molecular flexibility index (Phi) is 5.66. The molecule has 6 nitrogen and oxygen atoms in total. The van der Waals surface area contributed by atoms with Gasteiger partial charge >= 0.3 is 0 Å². The lowest BCUT2D eigenvalue weighted by atomic mass is 10.0. The number of hydrogen-bond donors (Lipinski definition) is 2. The van der Waals surface area contributed by atoms with Crippen molar-refractivity contribution < 1.29 is 4.79 Å². The van der Waals surface area contributed by atoms with Crippen LogP contribution in [0.4, 0.5) is 0 Å². The first-order valence-corrected chi connectivity index (χ1v) is 8.97. The van der Waals surface area contributed by atoms with Crippen LogP contribution in [0.1, 0.15) is 39.8 Å². The van der Waals surface area contributed by atoms with Gasteiger partial charge in [0.05, 0.1) is 17.9 Å². The molecule has 0 aliphatic rings. The van der Waals surface area contributed by atoms with Crippen LogP contribution in [0, 0.1) is 20.8 Å². The SMILES string of the molecule is Cc1cccnc1CN(Cc1ccccc1)C(=O)[C@H](N)c1c(C)n[nH]c1C. The molecular formula is C21H25N5O. The predicted molar refractivity (Wildman–Crippen MR) is 105 cm³/mol. The van der Waals surface area contributed by atoms with Crippen LogP contribution in [0.5, 0.6) is 0 Å². The topological polar surface area (TPSA) is 87.9 Å². The average Bonchev–Trinajstić information content (AvgIpc) is 3.01. The Labute approximate surface area is 159 Å². The zero-order chi connectivity index (χ0) is 19.4. The third-order valence-electron chi connectivity index (χ3n) is 4.75. The van der Waals surface area contributed by atoms with Gasteiger partial charge in [0.1, 0.15) is 6.04 Å². The molecule has 0 aliphatic carbocycles. The maximum atomic E-state index is 13.3. The molecule has 0 unspecified atom stereocenters. The summed E-state index contributed by atoms with van der Waals surface area (Å²) in [6, 6.07) is 13.0. The molecule has 1 aromatic carbocycles. The molecule has 0 fully saturated rings. The van der Waals surface area contributed by atoms with E-state index in [0.29, 0.717) is 13.1 Å². The number of carbonyl (C=O) groups excluding carboxylic acids is 1. The summed E-state index contributed by atoms with van der Waals surface area (Å²) < 4.78 is 0. The number of nitrogens with one attached hydrogen (secondary N) is 1. The summed E-state index contributed by atoms with van der Waals surface area (Å²) in [5.41, 5.74) is 11.7. The molecule has 1 amide bonds. The summed E-state index contributed by atoms with van der Waals surface area (Å²) in [5.74, 6) is -0.142. The van der Waals surface area contributed by atoms with Crippen LogP contribution in [-0.4, -0.2) is 26.0 Å². The van der Waals surface area contributed by atoms with Crippen LogP contribution >= 0.6 is 0 Å². The Morgan fingerprint density at radius 3 is 2.48 bits per heavy atom. The summed E-state index contributed by atoms with van der Waals surface area (Å²) in [7, 11) is 0. The molecule has 3 aromatic rings. The highest BCUT2D eigenvalue weighted by Gasteiger charge is 2.27. The van der Waals surface area contributed by atoms with Crippen LogP contribution in [0.15, 0.2) is 48.7 Å². The van der Waals surface area contributed by atoms with E-state index in [1.165, 1.54) is 0 Å². The summed E-state index contributed by atoms with van der Waals surface area (Å²) in [6.07, 6.45) is 1.75. The molecule has 0 saturated heterocycles. The van der Waals surface area contributed by atoms with E-state index >= 15 is 0 Å². The molecule has 3 N–H and O–H groups in total. The van der Waals surface area contributed by atoms with Gasteiger partial charge < -0.3 is 10.6 Å². The quantitative estimate of drug-likeness (QED) is 0.705. The highest BCUT2D eigenvalue weighted by atomic mass is 16.2. The van der Waals surface area contributed by atoms with Gasteiger partial charge in [-0.25, -0.2) is 0 Å². The molecule has 140 valence electrons. The highest BCUT2D eigenvalue weighted by Crippen LogP contribution is 2.22. The normalized spacial score (nSPS) is 12.0. The second-order valence-corrected chi connectivity index (χ2v) is 6.77. The number of pyridine rings is 1. The Morgan fingerprint density at radius 1 is 1.11 bits per heavy atom. The maximum Gasteiger partial charge on any atom is 0.244 e. The first-order valence-electron chi connectivity index (χ1n) is 8.97. The largest absolute Gasteiger partial charge is 0.331 e. The molecule has 2 heterocycles. The fourth-order valence-electron chi connectivity index (χ4n) is 3.22. The molecule has 0 radical (unpaired) electrons. The first-order chi connectivity index (χ1) is 13.0. The minimum Gasteiger partial charge on any atom is -0.331 e. The third kappa shape index (κ3) is 4.23. The van der Waals surface area contributed by atoms with E-state index in [4.69, 9.17) is 5.73 Å². The van der Waals surface area contributed by atoms with Crippen molar-refractivity contribution in [2.24, 2.45) is 5.73 Å². The van der Waals surface area contributed by atoms with Crippen molar-refractivity contribution in [3.8, 4) is 0 Å². The molecule has 1 atom stereocenters. The van der Waals surface area contributed by atoms with Crippen molar-refractivity contribution in [2.75, 3.05) is 0 Å². The molecule has 2 aromatic heterocycles. The fourth-order valence-corrected chi connectivity index (χ4v) is 3.22. The van der Waals surface area contributed by atoms with E-state index in [9.17, 15) is 4.79 Å². The van der Waals surface area contributed by atoms with Crippen LogP contribution in [0.3, 0.4) is 0 Å². The Balaban J connectivity index is 1.90. The number of hydrogen-bond acceptors (Lipinski definition) is 4. The number of amides is 1. The van der Waals surface area contributed by atoms with Gasteiger partial charge in [0.2, 0.25) is 5.91 Å². The van der Waals surface area contributed by atoms with Crippen LogP contribution < -0.4 is 5.73 Å². The van der Waals surface area contributed by atoms with Crippen molar-refractivity contribution in [1.82, 2.24) is 20.1 Å². The molecule has 0 bridgehead atoms. The lowest BCUT2D eigenvalue weighted by Gasteiger charge is -2.26. The van der Waals surface area contributed by atoms with Gasteiger partial charge in [-0.1, -0.05) is 36.4 Å². The van der Waals surface area contributed by atoms with Gasteiger partial charge in [-0.2, -0.15) is 5.10 Å². The molecule has 3 rings (SSSR count). The van der Waals surface area contributed by atoms with Crippen molar-refractivity contribution in [3.63, 3.8) is 0 Å². The van der Waals surface area contributed by atoms with Crippen molar-refractivity contribution in [3.05, 3.63) is 82.4 Å². The number of benzene rings is 1. The lowest BCUT2D eigenvalue weighted by Crippen LogP contribution is -2.38. The first kappa shape index (κ1) is 18.8. The lowest BCUT2D eigenvalue weighted by molar-refractivity contribution is -0.134. The Morgan fingerprint density at radius 2 is 1.85 bits per heavy atom. The smallest absolute Gasteiger partial charge is 0.244 e. The number of aromatic amines is 1. The van der Waals surface area contributed by atoms with E-state index in [0.717, 1.165) is 33.8 Å². The molecule has 0 saturated carbocycles. The molecule has 27 heavy (non-hydrogen) atoms. The fraction of sp³-hybridized carbons (Fsp3) is 0.286. The predicted octanol–water partition coefficient (Wildman–Crippen LogP) is 2.96. The minimum atomic E-state index is -0.767. The van der Waals surface area contributed by atoms with Crippen LogP contribution in [0.2, 0.25) is 0 Å². The van der Waals surface area contributed by atoms with Crippen molar-refractivity contribution in [1.29, 1.82) is 0 Å². The van der Waals surface area contributed by atoms with Crippen molar-refractivity contribution >= 4 is 5.91 Å². The zero-order valence-corrected chi connectivity index (χ0v) is 15.9. The molecular weight excluding hydrogens is 338 g/mol. The van der Waals surface area contributed by atoms with E-state index in [1.807, 2.05) is 63.2 Å². The van der Waals surface area contributed by atoms with Gasteiger partial charge in [0, 0.05) is 24.0 Å². The van der Waals surface area contributed by atoms with Crippen LogP contribution in [0.25, 0.3) is 0 Å². The number of rotatable bonds is 6. The van der Waals surface area contributed by atoms with E-state index < -0.39 is 6.04 Å². The number of aromatic nitrogens is 3. The van der Waals surface area contributed by atoms with Crippen molar-refractivity contribution in [2.45, 2.75) is 39.9 Å². The Bertz CT molecular complexity index is 900. The van der Waals surface area contributed by atoms with Gasteiger partial charge in [-0.05, 0) is 38.0 Å². The van der Waals surface area contributed by atoms with Gasteiger partial charge in [-0.15, -0.1) is 0 Å². The molecule has 0 spiro atoms. The molecule has 0 aliphatic heterocycles. The summed E-state index contributed by atoms with van der Waals surface area (Å²) in [6.45, 7) is 6.62. The standard InChI is InChI=1S/C21H25N5O/c1-14-8-7-11-23-18(14)13-26(12-17-9-5-4-6-10-17)21(27)20(22)19-15(2)24-25-16(19)3/h4-11,20H,12-13,22H2,1-3H3,(H,24,25)/t20-/m1/s1. The number of H-pyrrole nitrogens is 1. The van der Waals surface area contributed by atoms with Gasteiger partial charge in [-0.3, -0.25) is 14.9 Å². The summed E-state index contributed by atoms with van der Waals surface area (Å²) in [4.78, 5) is 19.5. The van der Waals surface area contributed by atoms with Gasteiger partial charge in [0.15, 0.2) is 0 Å². The number of carbonyl (C=O) groups is 1. The summed E-state index contributed by atoms with van der Waals surface area (Å²) >= 11 is 0. The zero-order valence-electron chi connectivity index (χ0n) is 15.9. The van der Waals surface area contributed by atoms with Gasteiger partial charge in [0.25, 0.3) is 0 Å². The highest BCUT2D eigenvalue weighted by molar-refractivity contribution is 5.83. The number of nitrogens with zero attached hydrogens (tertiary/aromatic N) is 3. The van der Waals surface area contributed by atoms with E-state index in [2.05, 4.69) is 15.2 Å². The monoisotopic (exact) mass is 363 g/mol. The average molecular weight is 363 g/mol. The van der Waals surface area contributed by atoms with Crippen LogP contribution in [-0.2, 0) is 17.9 Å². The summed E-state index contributed by atoms with van der Waals surface area (Å²) in [5, 5.41) is 7.08. The maximum absolute atomic E-state index is 13.3. The second-order valence-electron chi connectivity index (χ2n) is 6.77. The Hall–Kier alpha value is -2.99. The number of nitrogens with two attached hydrogens (primary N) is 1. The molecule has 6 heteroatoms. The minimum absolute atomic E-state index is 0.142. The number of aryl methyl sites for hydroxylation is 3.